The van der Waals surface area contributed by atoms with E-state index in [1.807, 2.05) is 0 Å². The summed E-state index contributed by atoms with van der Waals surface area (Å²) in [7, 11) is -5.14. The van der Waals surface area contributed by atoms with Gasteiger partial charge in [-0.2, -0.15) is 8.42 Å². The van der Waals surface area contributed by atoms with Gasteiger partial charge in [0.05, 0.1) is 5.56 Å². The van der Waals surface area contributed by atoms with Gasteiger partial charge in [-0.1, -0.05) is 58.5 Å². The number of benzene rings is 3. The van der Waals surface area contributed by atoms with E-state index in [2.05, 4.69) is 0 Å². The SMILES string of the molecule is O=S(=O)(O)C(c1ccc(Cl)cc1)(c1cc(Cl)ccc1Cl)c1c(O)cc(Cl)cc1O. The molecule has 3 N–H and O–H groups in total. The summed E-state index contributed by atoms with van der Waals surface area (Å²) in [5, 5.41) is 21.4. The second-order valence-corrected chi connectivity index (χ2v) is 9.39. The van der Waals surface area contributed by atoms with Gasteiger partial charge in [-0.3, -0.25) is 4.55 Å². The average molecular weight is 494 g/mol. The van der Waals surface area contributed by atoms with Crippen molar-refractivity contribution in [2.75, 3.05) is 0 Å². The van der Waals surface area contributed by atoms with Crippen molar-refractivity contribution in [2.24, 2.45) is 0 Å². The van der Waals surface area contributed by atoms with Gasteiger partial charge in [-0.15, -0.1) is 0 Å². The van der Waals surface area contributed by atoms with Gasteiger partial charge in [0.1, 0.15) is 11.5 Å². The molecule has 0 aromatic heterocycles. The first-order valence-corrected chi connectivity index (χ1v) is 10.8. The number of aromatic hydroxyl groups is 2. The molecule has 0 aliphatic heterocycles. The lowest BCUT2D eigenvalue weighted by atomic mass is 9.83. The fourth-order valence-electron chi connectivity index (χ4n) is 3.24. The summed E-state index contributed by atoms with van der Waals surface area (Å²) >= 11 is 24.2. The Balaban J connectivity index is 2.63. The van der Waals surface area contributed by atoms with Gasteiger partial charge in [0, 0.05) is 25.7 Å². The first-order valence-electron chi connectivity index (χ1n) is 7.89. The molecule has 3 rings (SSSR count). The number of phenols is 2. The van der Waals surface area contributed by atoms with Crippen LogP contribution in [0.4, 0.5) is 0 Å². The van der Waals surface area contributed by atoms with E-state index in [-0.39, 0.29) is 26.2 Å². The second kappa shape index (κ2) is 7.87. The summed E-state index contributed by atoms with van der Waals surface area (Å²) in [6.07, 6.45) is 0. The van der Waals surface area contributed by atoms with E-state index >= 15 is 0 Å². The molecule has 0 saturated heterocycles. The fraction of sp³-hybridized carbons (Fsp3) is 0.0526. The highest BCUT2D eigenvalue weighted by Crippen LogP contribution is 2.53. The van der Waals surface area contributed by atoms with Gasteiger partial charge in [-0.25, -0.2) is 0 Å². The molecule has 0 saturated carbocycles. The van der Waals surface area contributed by atoms with Gasteiger partial charge in [0.15, 0.2) is 4.75 Å². The molecule has 5 nitrogen and oxygen atoms in total. The lowest BCUT2D eigenvalue weighted by Crippen LogP contribution is -2.38. The molecule has 0 heterocycles. The summed E-state index contributed by atoms with van der Waals surface area (Å²) in [5.41, 5.74) is -0.790. The number of halogens is 4. The minimum absolute atomic E-state index is 0.0542. The summed E-state index contributed by atoms with van der Waals surface area (Å²) in [5.74, 6) is -1.36. The standard InChI is InChI=1S/C19H12Cl4O5S/c20-11-3-1-10(2-4-11)19(29(26,27)28,14-7-12(21)5-6-15(14)23)18-16(24)8-13(22)9-17(18)25/h1-9,24-25H,(H,26,27,28). The van der Waals surface area contributed by atoms with Crippen LogP contribution >= 0.6 is 46.4 Å². The highest BCUT2D eigenvalue weighted by atomic mass is 35.5. The highest BCUT2D eigenvalue weighted by Gasteiger charge is 2.53. The van der Waals surface area contributed by atoms with E-state index in [9.17, 15) is 23.2 Å². The molecular weight excluding hydrogens is 482 g/mol. The molecule has 0 spiro atoms. The molecule has 3 aromatic rings. The van der Waals surface area contributed by atoms with E-state index in [0.717, 1.165) is 12.1 Å². The Morgan fingerprint density at radius 1 is 0.724 bits per heavy atom. The lowest BCUT2D eigenvalue weighted by Gasteiger charge is -2.34. The molecule has 0 radical (unpaired) electrons. The fourth-order valence-corrected chi connectivity index (χ4v) is 5.41. The Morgan fingerprint density at radius 2 is 1.24 bits per heavy atom. The van der Waals surface area contributed by atoms with Crippen molar-refractivity contribution in [1.29, 1.82) is 0 Å². The van der Waals surface area contributed by atoms with Crippen LogP contribution in [0.3, 0.4) is 0 Å². The molecule has 0 fully saturated rings. The van der Waals surface area contributed by atoms with Crippen LogP contribution in [0.5, 0.6) is 11.5 Å². The Labute approximate surface area is 186 Å². The quantitative estimate of drug-likeness (QED) is 0.311. The van der Waals surface area contributed by atoms with Crippen LogP contribution in [-0.4, -0.2) is 23.2 Å². The summed E-state index contributed by atoms with van der Waals surface area (Å²) < 4.78 is 33.8. The van der Waals surface area contributed by atoms with E-state index in [4.69, 9.17) is 46.4 Å². The second-order valence-electron chi connectivity index (χ2n) is 6.11. The third kappa shape index (κ3) is 3.77. The molecule has 0 amide bonds. The zero-order valence-electron chi connectivity index (χ0n) is 14.3. The molecule has 3 aromatic carbocycles. The number of hydrogen-bond donors (Lipinski definition) is 3. The van der Waals surface area contributed by atoms with Crippen LogP contribution in [0, 0.1) is 0 Å². The summed E-state index contributed by atoms with van der Waals surface area (Å²) in [6.45, 7) is 0. The van der Waals surface area contributed by atoms with Crippen molar-refractivity contribution in [3.8, 4) is 11.5 Å². The van der Waals surface area contributed by atoms with E-state index in [1.165, 1.54) is 42.5 Å². The maximum Gasteiger partial charge on any atom is 0.283 e. The zero-order valence-corrected chi connectivity index (χ0v) is 18.1. The minimum atomic E-state index is -5.14. The van der Waals surface area contributed by atoms with Crippen LogP contribution in [-0.2, 0) is 14.9 Å². The monoisotopic (exact) mass is 492 g/mol. The van der Waals surface area contributed by atoms with Crippen LogP contribution in [0.2, 0.25) is 20.1 Å². The number of hydrogen-bond acceptors (Lipinski definition) is 4. The van der Waals surface area contributed by atoms with Crippen molar-refractivity contribution in [2.45, 2.75) is 4.75 Å². The molecular formula is C19H12Cl4O5S. The Hall–Kier alpha value is -1.67. The third-order valence-corrected chi connectivity index (χ3v) is 6.83. The van der Waals surface area contributed by atoms with Crippen LogP contribution in [0.25, 0.3) is 0 Å². The average Bonchev–Trinajstić information content (AvgIpc) is 2.60. The molecule has 29 heavy (non-hydrogen) atoms. The van der Waals surface area contributed by atoms with Gasteiger partial charge in [-0.05, 0) is 48.0 Å². The van der Waals surface area contributed by atoms with Crippen molar-refractivity contribution in [3.05, 3.63) is 91.4 Å². The van der Waals surface area contributed by atoms with E-state index in [0.29, 0.717) is 5.02 Å². The first kappa shape index (κ1) is 22.0. The van der Waals surface area contributed by atoms with E-state index in [1.54, 1.807) is 0 Å². The van der Waals surface area contributed by atoms with Crippen LogP contribution in [0.1, 0.15) is 16.7 Å². The van der Waals surface area contributed by atoms with Gasteiger partial charge in [0.2, 0.25) is 0 Å². The zero-order chi connectivity index (χ0) is 21.6. The molecule has 0 bridgehead atoms. The van der Waals surface area contributed by atoms with Gasteiger partial charge < -0.3 is 10.2 Å². The van der Waals surface area contributed by atoms with E-state index < -0.39 is 31.9 Å². The van der Waals surface area contributed by atoms with Crippen molar-refractivity contribution >= 4 is 56.5 Å². The van der Waals surface area contributed by atoms with Crippen LogP contribution < -0.4 is 0 Å². The number of phenolic OH excluding ortho intramolecular Hbond substituents is 2. The van der Waals surface area contributed by atoms with Crippen molar-refractivity contribution in [3.63, 3.8) is 0 Å². The van der Waals surface area contributed by atoms with Crippen molar-refractivity contribution < 1.29 is 23.2 Å². The van der Waals surface area contributed by atoms with Gasteiger partial charge >= 0.3 is 0 Å². The van der Waals surface area contributed by atoms with Crippen LogP contribution in [0.15, 0.2) is 54.6 Å². The largest absolute Gasteiger partial charge is 0.507 e. The highest BCUT2D eigenvalue weighted by molar-refractivity contribution is 7.87. The first-order chi connectivity index (χ1) is 13.5. The Morgan fingerprint density at radius 3 is 1.76 bits per heavy atom. The molecule has 0 aliphatic rings. The van der Waals surface area contributed by atoms with Crippen molar-refractivity contribution in [1.82, 2.24) is 0 Å². The molecule has 152 valence electrons. The lowest BCUT2D eigenvalue weighted by molar-refractivity contribution is 0.416. The smallest absolute Gasteiger partial charge is 0.283 e. The molecule has 10 heteroatoms. The maximum atomic E-state index is 13.0. The van der Waals surface area contributed by atoms with Gasteiger partial charge in [0.25, 0.3) is 10.1 Å². The minimum Gasteiger partial charge on any atom is -0.507 e. The topological polar surface area (TPSA) is 94.8 Å². The predicted octanol–water partition coefficient (Wildman–Crippen LogP) is 5.89. The Kier molecular flexibility index (Phi) is 5.98. The predicted molar refractivity (Wildman–Crippen MR) is 114 cm³/mol. The number of rotatable bonds is 4. The molecule has 0 aliphatic carbocycles. The normalized spacial score (nSPS) is 13.8. The Bertz CT molecular complexity index is 1170. The molecule has 1 atom stereocenters. The maximum absolute atomic E-state index is 13.0. The summed E-state index contributed by atoms with van der Waals surface area (Å²) in [6, 6.07) is 11.5. The summed E-state index contributed by atoms with van der Waals surface area (Å²) in [4.78, 5) is 0. The third-order valence-electron chi connectivity index (χ3n) is 4.36. The molecule has 1 unspecified atom stereocenters.